The van der Waals surface area contributed by atoms with Gasteiger partial charge in [-0.1, -0.05) is 13.8 Å². The minimum Gasteiger partial charge on any atom is -0.382 e. The van der Waals surface area contributed by atoms with Crippen molar-refractivity contribution < 1.29 is 0 Å². The summed E-state index contributed by atoms with van der Waals surface area (Å²) in [6.07, 6.45) is 2.57. The molecule has 0 atom stereocenters. The third-order valence-electron chi connectivity index (χ3n) is 2.64. The molecule has 3 rings (SSSR count). The second-order valence-corrected chi connectivity index (χ2v) is 4.53. The van der Waals surface area contributed by atoms with Crippen LogP contribution in [0.1, 0.15) is 20.3 Å². The highest BCUT2D eigenvalue weighted by molar-refractivity contribution is 7.13. The van der Waals surface area contributed by atoms with Crippen LogP contribution < -0.4 is 11.3 Å². The van der Waals surface area contributed by atoms with Crippen molar-refractivity contribution in [2.75, 3.05) is 5.73 Å². The highest BCUT2D eigenvalue weighted by atomic mass is 32.1. The first kappa shape index (κ1) is 13.5. The van der Waals surface area contributed by atoms with Gasteiger partial charge in [-0.2, -0.15) is 0 Å². The number of nitrogen functional groups attached to an aromatic ring is 1. The number of nitrogens with two attached hydrogens (primary N) is 1. The van der Waals surface area contributed by atoms with Gasteiger partial charge in [0.25, 0.3) is 5.56 Å². The molecule has 1 aliphatic rings. The Kier molecular flexibility index (Phi) is 4.10. The quantitative estimate of drug-likeness (QED) is 0.857. The van der Waals surface area contributed by atoms with Crippen LogP contribution in [0.15, 0.2) is 26.6 Å². The SMILES string of the molecule is CC.Nc1c(N=Nc2nccs2)c(=O)n2n1CCC2. The van der Waals surface area contributed by atoms with Crippen LogP contribution in [0.5, 0.6) is 0 Å². The lowest BCUT2D eigenvalue weighted by atomic mass is 10.4. The van der Waals surface area contributed by atoms with Crippen LogP contribution in [0.3, 0.4) is 0 Å². The van der Waals surface area contributed by atoms with Crippen molar-refractivity contribution in [3.05, 3.63) is 21.9 Å². The third kappa shape index (κ3) is 2.43. The number of nitrogens with zero attached hydrogens (tertiary/aromatic N) is 5. The van der Waals surface area contributed by atoms with Crippen LogP contribution in [0.2, 0.25) is 0 Å². The second kappa shape index (κ2) is 5.79. The molecule has 0 saturated carbocycles. The number of anilines is 1. The second-order valence-electron chi connectivity index (χ2n) is 3.65. The zero-order valence-electron chi connectivity index (χ0n) is 10.9. The Morgan fingerprint density at radius 1 is 1.32 bits per heavy atom. The lowest BCUT2D eigenvalue weighted by Crippen LogP contribution is -2.16. The average molecular weight is 280 g/mol. The molecule has 3 heterocycles. The van der Waals surface area contributed by atoms with E-state index in [1.807, 2.05) is 13.8 Å². The summed E-state index contributed by atoms with van der Waals surface area (Å²) in [4.78, 5) is 15.9. The highest BCUT2D eigenvalue weighted by Crippen LogP contribution is 2.24. The summed E-state index contributed by atoms with van der Waals surface area (Å²) < 4.78 is 3.35. The van der Waals surface area contributed by atoms with E-state index in [9.17, 15) is 4.79 Å². The van der Waals surface area contributed by atoms with E-state index in [4.69, 9.17) is 5.73 Å². The largest absolute Gasteiger partial charge is 0.382 e. The maximum absolute atomic E-state index is 11.9. The van der Waals surface area contributed by atoms with Gasteiger partial charge in [-0.25, -0.2) is 9.67 Å². The number of fused-ring (bicyclic) bond motifs is 1. The lowest BCUT2D eigenvalue weighted by Gasteiger charge is -1.98. The normalized spacial score (nSPS) is 13.4. The van der Waals surface area contributed by atoms with E-state index in [-0.39, 0.29) is 11.2 Å². The molecule has 2 aromatic heterocycles. The van der Waals surface area contributed by atoms with Crippen LogP contribution in [0.25, 0.3) is 0 Å². The van der Waals surface area contributed by atoms with Gasteiger partial charge in [-0.15, -0.1) is 21.6 Å². The molecule has 0 saturated heterocycles. The summed E-state index contributed by atoms with van der Waals surface area (Å²) >= 11 is 1.36. The van der Waals surface area contributed by atoms with Crippen LogP contribution in [-0.4, -0.2) is 14.3 Å². The number of aromatic nitrogens is 3. The predicted molar refractivity (Wildman–Crippen MR) is 75.4 cm³/mol. The van der Waals surface area contributed by atoms with Crippen molar-refractivity contribution in [1.82, 2.24) is 14.3 Å². The highest BCUT2D eigenvalue weighted by Gasteiger charge is 2.21. The Morgan fingerprint density at radius 2 is 2.05 bits per heavy atom. The third-order valence-corrected chi connectivity index (χ3v) is 3.30. The van der Waals surface area contributed by atoms with Gasteiger partial charge >= 0.3 is 0 Å². The molecule has 0 unspecified atom stereocenters. The summed E-state index contributed by atoms with van der Waals surface area (Å²) in [6.45, 7) is 5.45. The van der Waals surface area contributed by atoms with E-state index >= 15 is 0 Å². The molecule has 2 aromatic rings. The Bertz CT molecular complexity index is 624. The van der Waals surface area contributed by atoms with Gasteiger partial charge in [0.05, 0.1) is 0 Å². The molecule has 0 aliphatic carbocycles. The predicted octanol–water partition coefficient (Wildman–Crippen LogP) is 2.53. The molecule has 1 aliphatic heterocycles. The van der Waals surface area contributed by atoms with E-state index < -0.39 is 0 Å². The fourth-order valence-corrected chi connectivity index (χ4v) is 2.33. The van der Waals surface area contributed by atoms with Crippen molar-refractivity contribution in [1.29, 1.82) is 0 Å². The van der Waals surface area contributed by atoms with E-state index in [2.05, 4.69) is 15.2 Å². The number of rotatable bonds is 2. The van der Waals surface area contributed by atoms with Crippen LogP contribution in [-0.2, 0) is 13.1 Å². The fourth-order valence-electron chi connectivity index (χ4n) is 1.88. The first-order valence-corrected chi connectivity index (χ1v) is 7.05. The standard InChI is InChI=1S/C9H10N6OS.C2H6/c10-7-6(12-13-9-11-2-5-17-9)8(16)15-4-1-3-14(7)15;1-2/h2,5H,1,3-4,10H2;1-2H3. The Morgan fingerprint density at radius 3 is 2.68 bits per heavy atom. The van der Waals surface area contributed by atoms with Gasteiger partial charge in [0, 0.05) is 24.7 Å². The van der Waals surface area contributed by atoms with Crippen LogP contribution >= 0.6 is 11.3 Å². The van der Waals surface area contributed by atoms with Crippen molar-refractivity contribution in [2.24, 2.45) is 10.2 Å². The number of hydrogen-bond acceptors (Lipinski definition) is 6. The molecular formula is C11H16N6OS. The lowest BCUT2D eigenvalue weighted by molar-refractivity contribution is 0.601. The van der Waals surface area contributed by atoms with E-state index in [0.29, 0.717) is 17.5 Å². The Labute approximate surface area is 114 Å². The fraction of sp³-hybridized carbons (Fsp3) is 0.455. The zero-order valence-corrected chi connectivity index (χ0v) is 11.7. The monoisotopic (exact) mass is 280 g/mol. The number of hydrogen-bond donors (Lipinski definition) is 1. The van der Waals surface area contributed by atoms with Crippen LogP contribution in [0, 0.1) is 0 Å². The minimum absolute atomic E-state index is 0.180. The number of azo groups is 1. The van der Waals surface area contributed by atoms with Gasteiger partial charge < -0.3 is 5.73 Å². The van der Waals surface area contributed by atoms with Crippen molar-refractivity contribution in [3.63, 3.8) is 0 Å². The molecule has 0 aromatic carbocycles. The molecule has 0 fully saturated rings. The van der Waals surface area contributed by atoms with Crippen LogP contribution in [0.4, 0.5) is 16.6 Å². The summed E-state index contributed by atoms with van der Waals surface area (Å²) in [5, 5.41) is 10.1. The molecule has 2 N–H and O–H groups in total. The van der Waals surface area contributed by atoms with Gasteiger partial charge in [0.2, 0.25) is 5.13 Å². The smallest absolute Gasteiger partial charge is 0.296 e. The van der Waals surface area contributed by atoms with E-state index in [0.717, 1.165) is 13.0 Å². The average Bonchev–Trinajstić information content (AvgIpc) is 3.14. The first-order chi connectivity index (χ1) is 9.27. The Balaban J connectivity index is 0.000000637. The molecule has 0 bridgehead atoms. The summed E-state index contributed by atoms with van der Waals surface area (Å²) in [5.41, 5.74) is 5.89. The van der Waals surface area contributed by atoms with Gasteiger partial charge in [0.1, 0.15) is 0 Å². The van der Waals surface area contributed by atoms with Gasteiger partial charge in [-0.05, 0) is 6.42 Å². The van der Waals surface area contributed by atoms with Crippen molar-refractivity contribution in [2.45, 2.75) is 33.4 Å². The van der Waals surface area contributed by atoms with Gasteiger partial charge in [-0.3, -0.25) is 9.48 Å². The summed E-state index contributed by atoms with van der Waals surface area (Å²) in [6, 6.07) is 0. The summed E-state index contributed by atoms with van der Waals surface area (Å²) in [5.74, 6) is 0.382. The molecule has 7 nitrogen and oxygen atoms in total. The molecule has 8 heteroatoms. The topological polar surface area (TPSA) is 90.6 Å². The summed E-state index contributed by atoms with van der Waals surface area (Å²) in [7, 11) is 0. The van der Waals surface area contributed by atoms with E-state index in [1.165, 1.54) is 11.3 Å². The van der Waals surface area contributed by atoms with Gasteiger partial charge in [0.15, 0.2) is 11.5 Å². The molecule has 19 heavy (non-hydrogen) atoms. The molecule has 0 radical (unpaired) electrons. The number of thiazole rings is 1. The molecule has 0 spiro atoms. The minimum atomic E-state index is -0.180. The van der Waals surface area contributed by atoms with Crippen molar-refractivity contribution in [3.8, 4) is 0 Å². The Hall–Kier alpha value is -1.96. The molecule has 0 amide bonds. The zero-order chi connectivity index (χ0) is 13.8. The maximum Gasteiger partial charge on any atom is 0.296 e. The molecular weight excluding hydrogens is 264 g/mol. The first-order valence-electron chi connectivity index (χ1n) is 6.17. The van der Waals surface area contributed by atoms with Crippen molar-refractivity contribution >= 4 is 28.0 Å². The van der Waals surface area contributed by atoms with E-state index in [1.54, 1.807) is 20.9 Å². The molecule has 102 valence electrons. The maximum atomic E-state index is 11.9.